The molecule has 18 heavy (non-hydrogen) atoms. The molecule has 3 aromatic rings. The Hall–Kier alpha value is -2.62. The van der Waals surface area contributed by atoms with E-state index >= 15 is 0 Å². The van der Waals surface area contributed by atoms with Crippen LogP contribution in [0.2, 0.25) is 0 Å². The molecule has 0 unspecified atom stereocenters. The van der Waals surface area contributed by atoms with E-state index in [9.17, 15) is 5.11 Å². The van der Waals surface area contributed by atoms with E-state index in [1.54, 1.807) is 30.5 Å². The van der Waals surface area contributed by atoms with Gasteiger partial charge in [-0.15, -0.1) is 0 Å². The molecule has 1 N–H and O–H groups in total. The first-order chi connectivity index (χ1) is 8.83. The zero-order valence-electron chi connectivity index (χ0n) is 9.45. The summed E-state index contributed by atoms with van der Waals surface area (Å²) in [4.78, 5) is 4.20. The molecule has 0 atom stereocenters. The summed E-state index contributed by atoms with van der Waals surface area (Å²) in [5.74, 6) is 0.853. The fourth-order valence-corrected chi connectivity index (χ4v) is 1.67. The molecule has 4 heteroatoms. The van der Waals surface area contributed by atoms with Crippen LogP contribution in [0.4, 0.5) is 0 Å². The van der Waals surface area contributed by atoms with Crippen LogP contribution in [0.1, 0.15) is 0 Å². The Labute approximate surface area is 104 Å². The molecule has 0 fully saturated rings. The highest BCUT2D eigenvalue weighted by molar-refractivity contribution is 5.65. The topological polar surface area (TPSA) is 59.2 Å². The van der Waals surface area contributed by atoms with Crippen LogP contribution >= 0.6 is 0 Å². The minimum absolute atomic E-state index is 0.229. The Morgan fingerprint density at radius 1 is 0.944 bits per heavy atom. The van der Waals surface area contributed by atoms with Crippen molar-refractivity contribution in [1.82, 2.24) is 10.1 Å². The maximum absolute atomic E-state index is 9.23. The number of pyridine rings is 1. The molecule has 0 saturated heterocycles. The van der Waals surface area contributed by atoms with Gasteiger partial charge in [0.2, 0.25) is 0 Å². The maximum Gasteiger partial charge on any atom is 0.185 e. The number of hydrogen-bond acceptors (Lipinski definition) is 4. The number of nitrogens with zero attached hydrogens (tertiary/aromatic N) is 2. The third kappa shape index (κ3) is 1.96. The number of aromatic hydroxyl groups is 1. The van der Waals surface area contributed by atoms with E-state index in [-0.39, 0.29) is 5.75 Å². The van der Waals surface area contributed by atoms with Crippen LogP contribution in [-0.4, -0.2) is 15.2 Å². The molecule has 0 aliphatic rings. The summed E-state index contributed by atoms with van der Waals surface area (Å²) >= 11 is 0. The molecule has 1 aromatic carbocycles. The van der Waals surface area contributed by atoms with Crippen LogP contribution in [-0.2, 0) is 0 Å². The van der Waals surface area contributed by atoms with Gasteiger partial charge in [-0.1, -0.05) is 11.2 Å². The first kappa shape index (κ1) is 10.5. The van der Waals surface area contributed by atoms with Crippen molar-refractivity contribution in [3.05, 3.63) is 54.7 Å². The van der Waals surface area contributed by atoms with Crippen LogP contribution in [0, 0.1) is 0 Å². The van der Waals surface area contributed by atoms with E-state index in [2.05, 4.69) is 10.1 Å². The number of benzene rings is 1. The number of phenols is 1. The quantitative estimate of drug-likeness (QED) is 0.745. The molecule has 4 nitrogen and oxygen atoms in total. The second-order valence-electron chi connectivity index (χ2n) is 3.84. The zero-order chi connectivity index (χ0) is 12.4. The van der Waals surface area contributed by atoms with Gasteiger partial charge in [0.25, 0.3) is 0 Å². The lowest BCUT2D eigenvalue weighted by atomic mass is 10.1. The Morgan fingerprint density at radius 3 is 2.50 bits per heavy atom. The van der Waals surface area contributed by atoms with Gasteiger partial charge in [0.05, 0.1) is 0 Å². The van der Waals surface area contributed by atoms with Gasteiger partial charge in [-0.25, -0.2) is 0 Å². The molecule has 0 radical (unpaired) electrons. The van der Waals surface area contributed by atoms with Gasteiger partial charge >= 0.3 is 0 Å². The van der Waals surface area contributed by atoms with Crippen molar-refractivity contribution in [3.63, 3.8) is 0 Å². The fourth-order valence-electron chi connectivity index (χ4n) is 1.67. The Kier molecular flexibility index (Phi) is 2.53. The molecule has 0 saturated carbocycles. The monoisotopic (exact) mass is 238 g/mol. The first-order valence-corrected chi connectivity index (χ1v) is 5.50. The van der Waals surface area contributed by atoms with Crippen molar-refractivity contribution in [2.24, 2.45) is 0 Å². The summed E-state index contributed by atoms with van der Waals surface area (Å²) in [6, 6.07) is 14.2. The molecule has 0 aliphatic carbocycles. The number of rotatable bonds is 2. The normalized spacial score (nSPS) is 10.4. The zero-order valence-corrected chi connectivity index (χ0v) is 9.45. The summed E-state index contributed by atoms with van der Waals surface area (Å²) in [5.41, 5.74) is 2.35. The van der Waals surface area contributed by atoms with Crippen molar-refractivity contribution in [3.8, 4) is 28.5 Å². The summed E-state index contributed by atoms with van der Waals surface area (Å²) in [5, 5.41) is 13.2. The van der Waals surface area contributed by atoms with Gasteiger partial charge in [-0.05, 0) is 36.4 Å². The lowest BCUT2D eigenvalue weighted by molar-refractivity contribution is 0.433. The average Bonchev–Trinajstić information content (AvgIpc) is 2.90. The standard InChI is InChI=1S/C14H10N2O2/c17-11-6-4-10(5-7-11)13-9-14(18-16-13)12-3-1-2-8-15-12/h1-9,17H. The second-order valence-corrected chi connectivity index (χ2v) is 3.84. The van der Waals surface area contributed by atoms with Crippen LogP contribution < -0.4 is 0 Å². The molecule has 0 amide bonds. The van der Waals surface area contributed by atoms with E-state index in [0.29, 0.717) is 5.76 Å². The van der Waals surface area contributed by atoms with E-state index in [1.165, 1.54) is 0 Å². The SMILES string of the molecule is Oc1ccc(-c2cc(-c3ccccn3)on2)cc1. The molecular weight excluding hydrogens is 228 g/mol. The highest BCUT2D eigenvalue weighted by atomic mass is 16.5. The minimum Gasteiger partial charge on any atom is -0.508 e. The third-order valence-corrected chi connectivity index (χ3v) is 2.59. The van der Waals surface area contributed by atoms with Crippen LogP contribution in [0.15, 0.2) is 59.3 Å². The highest BCUT2D eigenvalue weighted by Crippen LogP contribution is 2.25. The van der Waals surface area contributed by atoms with Gasteiger partial charge in [0, 0.05) is 17.8 Å². The van der Waals surface area contributed by atoms with Crippen molar-refractivity contribution in [2.75, 3.05) is 0 Å². The molecular formula is C14H10N2O2. The van der Waals surface area contributed by atoms with Crippen molar-refractivity contribution in [1.29, 1.82) is 0 Å². The Morgan fingerprint density at radius 2 is 1.78 bits per heavy atom. The lowest BCUT2D eigenvalue weighted by Gasteiger charge is -1.94. The van der Waals surface area contributed by atoms with Gasteiger partial charge in [-0.2, -0.15) is 0 Å². The minimum atomic E-state index is 0.229. The highest BCUT2D eigenvalue weighted by Gasteiger charge is 2.08. The number of aromatic nitrogens is 2. The van der Waals surface area contributed by atoms with Crippen LogP contribution in [0.25, 0.3) is 22.7 Å². The summed E-state index contributed by atoms with van der Waals surface area (Å²) in [6.45, 7) is 0. The lowest BCUT2D eigenvalue weighted by Crippen LogP contribution is -1.77. The molecule has 0 spiro atoms. The molecule has 2 heterocycles. The van der Waals surface area contributed by atoms with Crippen LogP contribution in [0.5, 0.6) is 5.75 Å². The van der Waals surface area contributed by atoms with Crippen molar-refractivity contribution >= 4 is 0 Å². The van der Waals surface area contributed by atoms with Gasteiger partial charge in [0.1, 0.15) is 17.1 Å². The van der Waals surface area contributed by atoms with Crippen molar-refractivity contribution in [2.45, 2.75) is 0 Å². The predicted octanol–water partition coefficient (Wildman–Crippen LogP) is 3.11. The Bertz CT molecular complexity index is 645. The predicted molar refractivity (Wildman–Crippen MR) is 66.8 cm³/mol. The smallest absolute Gasteiger partial charge is 0.185 e. The molecule has 2 aromatic heterocycles. The number of phenolic OH excluding ortho intramolecular Hbond substituents is 1. The summed E-state index contributed by atoms with van der Waals surface area (Å²) < 4.78 is 5.26. The summed E-state index contributed by atoms with van der Waals surface area (Å²) in [6.07, 6.45) is 1.71. The van der Waals surface area contributed by atoms with Gasteiger partial charge in [-0.3, -0.25) is 4.98 Å². The molecule has 88 valence electrons. The molecule has 0 aliphatic heterocycles. The van der Waals surface area contributed by atoms with E-state index in [0.717, 1.165) is 17.0 Å². The molecule has 3 rings (SSSR count). The average molecular weight is 238 g/mol. The second kappa shape index (κ2) is 4.33. The third-order valence-electron chi connectivity index (χ3n) is 2.59. The molecule has 0 bridgehead atoms. The van der Waals surface area contributed by atoms with Crippen LogP contribution in [0.3, 0.4) is 0 Å². The van der Waals surface area contributed by atoms with Gasteiger partial charge in [0.15, 0.2) is 5.76 Å². The Balaban J connectivity index is 1.97. The summed E-state index contributed by atoms with van der Waals surface area (Å²) in [7, 11) is 0. The number of hydrogen-bond donors (Lipinski definition) is 1. The van der Waals surface area contributed by atoms with E-state index in [1.807, 2.05) is 24.3 Å². The fraction of sp³-hybridized carbons (Fsp3) is 0. The first-order valence-electron chi connectivity index (χ1n) is 5.50. The van der Waals surface area contributed by atoms with Gasteiger partial charge < -0.3 is 9.63 Å². The van der Waals surface area contributed by atoms with Crippen molar-refractivity contribution < 1.29 is 9.63 Å². The van der Waals surface area contributed by atoms with E-state index < -0.39 is 0 Å². The largest absolute Gasteiger partial charge is 0.508 e. The maximum atomic E-state index is 9.23. The van der Waals surface area contributed by atoms with E-state index in [4.69, 9.17) is 4.52 Å².